The predicted molar refractivity (Wildman–Crippen MR) is 81.8 cm³/mol. The van der Waals surface area contributed by atoms with E-state index in [0.717, 1.165) is 5.56 Å². The molecule has 21 heavy (non-hydrogen) atoms. The van der Waals surface area contributed by atoms with Crippen molar-refractivity contribution in [1.82, 2.24) is 4.90 Å². The van der Waals surface area contributed by atoms with Crippen LogP contribution in [0.25, 0.3) is 0 Å². The number of Topliss-reactive ketones (excluding diaryl/α,β-unsaturated/α-hetero) is 1. The lowest BCUT2D eigenvalue weighted by molar-refractivity contribution is 0.0905. The molecule has 0 spiro atoms. The van der Waals surface area contributed by atoms with Gasteiger partial charge < -0.3 is 4.74 Å². The highest BCUT2D eigenvalue weighted by Gasteiger charge is 2.29. The molecule has 6 heteroatoms. The fourth-order valence-electron chi connectivity index (χ4n) is 2.57. The van der Waals surface area contributed by atoms with Crippen LogP contribution in [0.3, 0.4) is 0 Å². The summed E-state index contributed by atoms with van der Waals surface area (Å²) >= 11 is 0. The molecule has 1 aliphatic rings. The van der Waals surface area contributed by atoms with Crippen molar-refractivity contribution in [3.05, 3.63) is 29.3 Å². The Morgan fingerprint density at radius 3 is 2.76 bits per heavy atom. The number of aryl methyl sites for hydroxylation is 1. The molecule has 1 heterocycles. The van der Waals surface area contributed by atoms with Crippen LogP contribution in [0.4, 0.5) is 0 Å². The summed E-state index contributed by atoms with van der Waals surface area (Å²) in [7, 11) is -1.42. The number of rotatable bonds is 4. The van der Waals surface area contributed by atoms with Crippen molar-refractivity contribution in [3.63, 3.8) is 0 Å². The molecule has 0 bridgehead atoms. The summed E-state index contributed by atoms with van der Waals surface area (Å²) in [4.78, 5) is 14.4. The minimum absolute atomic E-state index is 0.0435. The average Bonchev–Trinajstić information content (AvgIpc) is 2.41. The molecule has 1 aromatic rings. The Morgan fingerprint density at radius 2 is 2.14 bits per heavy atom. The largest absolute Gasteiger partial charge is 0.496 e. The van der Waals surface area contributed by atoms with Gasteiger partial charge in [-0.1, -0.05) is 6.07 Å². The van der Waals surface area contributed by atoms with Crippen molar-refractivity contribution >= 4 is 15.6 Å². The first kappa shape index (κ1) is 16.0. The third-order valence-electron chi connectivity index (χ3n) is 3.81. The van der Waals surface area contributed by atoms with Gasteiger partial charge in [0.1, 0.15) is 5.75 Å². The van der Waals surface area contributed by atoms with Crippen LogP contribution in [0.15, 0.2) is 18.2 Å². The molecule has 116 valence electrons. The fourth-order valence-corrected chi connectivity index (χ4v) is 4.19. The Kier molecular flexibility index (Phi) is 4.68. The van der Waals surface area contributed by atoms with Gasteiger partial charge in [-0.15, -0.1) is 0 Å². The van der Waals surface area contributed by atoms with Crippen LogP contribution in [-0.2, 0) is 9.84 Å². The monoisotopic (exact) mass is 311 g/mol. The first-order valence-corrected chi connectivity index (χ1v) is 8.77. The molecular weight excluding hydrogens is 290 g/mol. The van der Waals surface area contributed by atoms with Gasteiger partial charge >= 0.3 is 0 Å². The molecule has 0 amide bonds. The average molecular weight is 311 g/mol. The third-order valence-corrected chi connectivity index (χ3v) is 5.61. The number of ketones is 1. The van der Waals surface area contributed by atoms with Gasteiger partial charge in [-0.2, -0.15) is 0 Å². The van der Waals surface area contributed by atoms with Gasteiger partial charge in [0.25, 0.3) is 0 Å². The molecule has 0 aliphatic carbocycles. The number of hydrogen-bond donors (Lipinski definition) is 0. The summed E-state index contributed by atoms with van der Waals surface area (Å²) in [6, 6.07) is 5.34. The molecule has 5 nitrogen and oxygen atoms in total. The van der Waals surface area contributed by atoms with Crippen LogP contribution in [-0.4, -0.2) is 56.8 Å². The molecule has 0 N–H and O–H groups in total. The van der Waals surface area contributed by atoms with Gasteiger partial charge in [0, 0.05) is 12.6 Å². The maximum absolute atomic E-state index is 12.4. The molecule has 1 aliphatic heterocycles. The highest BCUT2D eigenvalue weighted by molar-refractivity contribution is 7.91. The molecule has 1 saturated heterocycles. The summed E-state index contributed by atoms with van der Waals surface area (Å²) in [5.74, 6) is 0.760. The molecule has 0 aromatic heterocycles. The van der Waals surface area contributed by atoms with Crippen molar-refractivity contribution in [1.29, 1.82) is 0 Å². The van der Waals surface area contributed by atoms with E-state index in [-0.39, 0.29) is 29.9 Å². The highest BCUT2D eigenvalue weighted by atomic mass is 32.2. The first-order chi connectivity index (χ1) is 9.82. The van der Waals surface area contributed by atoms with E-state index in [1.807, 2.05) is 30.9 Å². The number of hydrogen-bond acceptors (Lipinski definition) is 5. The maximum atomic E-state index is 12.4. The Bertz CT molecular complexity index is 639. The lowest BCUT2D eigenvalue weighted by atomic mass is 10.1. The summed E-state index contributed by atoms with van der Waals surface area (Å²) in [5.41, 5.74) is 1.57. The zero-order valence-corrected chi connectivity index (χ0v) is 13.4. The van der Waals surface area contributed by atoms with Crippen LogP contribution in [0, 0.1) is 6.92 Å². The summed E-state index contributed by atoms with van der Waals surface area (Å²) in [6.07, 6.45) is 0. The Balaban J connectivity index is 2.12. The highest BCUT2D eigenvalue weighted by Crippen LogP contribution is 2.21. The smallest absolute Gasteiger partial charge is 0.180 e. The van der Waals surface area contributed by atoms with Gasteiger partial charge in [-0.25, -0.2) is 8.42 Å². The number of benzene rings is 1. The second-order valence-corrected chi connectivity index (χ2v) is 7.79. The summed E-state index contributed by atoms with van der Waals surface area (Å²) < 4.78 is 28.4. The Morgan fingerprint density at radius 1 is 1.43 bits per heavy atom. The van der Waals surface area contributed by atoms with Crippen LogP contribution in [0.5, 0.6) is 5.75 Å². The van der Waals surface area contributed by atoms with E-state index in [2.05, 4.69) is 0 Å². The van der Waals surface area contributed by atoms with Crippen LogP contribution in [0.1, 0.15) is 22.8 Å². The van der Waals surface area contributed by atoms with Crippen LogP contribution in [0.2, 0.25) is 0 Å². The molecular formula is C15H21NO4S. The van der Waals surface area contributed by atoms with E-state index >= 15 is 0 Å². The van der Waals surface area contributed by atoms with E-state index < -0.39 is 9.84 Å². The fraction of sp³-hybridized carbons (Fsp3) is 0.533. The van der Waals surface area contributed by atoms with E-state index in [9.17, 15) is 13.2 Å². The summed E-state index contributed by atoms with van der Waals surface area (Å²) in [5, 5.41) is 0. The number of carbonyl (C=O) groups is 1. The van der Waals surface area contributed by atoms with Crippen molar-refractivity contribution in [2.45, 2.75) is 19.9 Å². The summed E-state index contributed by atoms with van der Waals surface area (Å²) in [6.45, 7) is 4.41. The van der Waals surface area contributed by atoms with Crippen LogP contribution >= 0.6 is 0 Å². The van der Waals surface area contributed by atoms with E-state index in [1.165, 1.54) is 0 Å². The molecule has 1 fully saturated rings. The first-order valence-electron chi connectivity index (χ1n) is 6.95. The van der Waals surface area contributed by atoms with Crippen molar-refractivity contribution in [3.8, 4) is 5.75 Å². The number of methoxy groups -OCH3 is 1. The second-order valence-electron chi connectivity index (χ2n) is 5.56. The SMILES string of the molecule is COc1cc(C)ccc1C(=O)CN1CCS(=O)(=O)CC1C. The maximum Gasteiger partial charge on any atom is 0.180 e. The minimum Gasteiger partial charge on any atom is -0.496 e. The van der Waals surface area contributed by atoms with Crippen molar-refractivity contribution in [2.75, 3.05) is 31.7 Å². The number of sulfone groups is 1. The zero-order valence-electron chi connectivity index (χ0n) is 12.6. The van der Waals surface area contributed by atoms with Gasteiger partial charge in [0.2, 0.25) is 0 Å². The van der Waals surface area contributed by atoms with E-state index in [0.29, 0.717) is 17.9 Å². The molecule has 1 atom stereocenters. The Labute approximate surface area is 125 Å². The van der Waals surface area contributed by atoms with Crippen molar-refractivity contribution < 1.29 is 17.9 Å². The van der Waals surface area contributed by atoms with Crippen LogP contribution < -0.4 is 4.74 Å². The number of nitrogens with zero attached hydrogens (tertiary/aromatic N) is 1. The van der Waals surface area contributed by atoms with Gasteiger partial charge in [-0.05, 0) is 31.5 Å². The van der Waals surface area contributed by atoms with E-state index in [4.69, 9.17) is 4.74 Å². The lowest BCUT2D eigenvalue weighted by Crippen LogP contribution is -2.48. The predicted octanol–water partition coefficient (Wildman–Crippen LogP) is 1.31. The topological polar surface area (TPSA) is 63.7 Å². The number of ether oxygens (including phenoxy) is 1. The third kappa shape index (κ3) is 3.83. The normalized spacial score (nSPS) is 22.0. The Hall–Kier alpha value is -1.40. The standard InChI is InChI=1S/C15H21NO4S/c1-11-4-5-13(15(8-11)20-3)14(17)9-16-6-7-21(18,19)10-12(16)2/h4-5,8,12H,6-7,9-10H2,1-3H3. The lowest BCUT2D eigenvalue weighted by Gasteiger charge is -2.32. The number of carbonyl (C=O) groups excluding carboxylic acids is 1. The van der Waals surface area contributed by atoms with Crippen molar-refractivity contribution in [2.24, 2.45) is 0 Å². The molecule has 0 radical (unpaired) electrons. The molecule has 0 saturated carbocycles. The minimum atomic E-state index is -2.96. The van der Waals surface area contributed by atoms with E-state index in [1.54, 1.807) is 13.2 Å². The van der Waals surface area contributed by atoms with Gasteiger partial charge in [0.15, 0.2) is 15.6 Å². The quantitative estimate of drug-likeness (QED) is 0.784. The molecule has 1 aromatic carbocycles. The second kappa shape index (κ2) is 6.15. The van der Waals surface area contributed by atoms with Gasteiger partial charge in [0.05, 0.1) is 30.7 Å². The zero-order chi connectivity index (χ0) is 15.6. The molecule has 2 rings (SSSR count). The molecule has 1 unspecified atom stereocenters. The van der Waals surface area contributed by atoms with Gasteiger partial charge in [-0.3, -0.25) is 9.69 Å².